The molecule has 0 spiro atoms. The highest BCUT2D eigenvalue weighted by Crippen LogP contribution is 2.34. The van der Waals surface area contributed by atoms with Crippen molar-refractivity contribution in [3.63, 3.8) is 0 Å². The molecule has 0 radical (unpaired) electrons. The monoisotopic (exact) mass is 410 g/mol. The van der Waals surface area contributed by atoms with Crippen molar-refractivity contribution in [2.45, 2.75) is 37.7 Å². The number of carbonyl (C=O) groups is 1. The summed E-state index contributed by atoms with van der Waals surface area (Å²) in [6.07, 6.45) is 0. The Bertz CT molecular complexity index is 1050. The lowest BCUT2D eigenvalue weighted by atomic mass is 10.1. The van der Waals surface area contributed by atoms with Crippen molar-refractivity contribution >= 4 is 23.4 Å². The maximum Gasteiger partial charge on any atom is 0.237 e. The molecule has 0 saturated carbocycles. The number of hydrogen-bond donors (Lipinski definition) is 1. The Kier molecular flexibility index (Phi) is 5.44. The molecular formula is C21H22N4O3S. The molecule has 1 N–H and O–H groups in total. The Labute approximate surface area is 173 Å². The molecule has 3 aromatic rings. The molecule has 8 heteroatoms. The van der Waals surface area contributed by atoms with Gasteiger partial charge < -0.3 is 19.4 Å². The summed E-state index contributed by atoms with van der Waals surface area (Å²) in [5.41, 5.74) is 2.85. The van der Waals surface area contributed by atoms with E-state index in [1.54, 1.807) is 18.2 Å². The maximum absolute atomic E-state index is 12.7. The number of benzene rings is 2. The van der Waals surface area contributed by atoms with Crippen molar-refractivity contribution < 1.29 is 14.3 Å². The third-order valence-electron chi connectivity index (χ3n) is 4.60. The first kappa shape index (κ1) is 19.3. The molecule has 0 fully saturated rings. The number of carbonyl (C=O) groups excluding carboxylic acids is 1. The van der Waals surface area contributed by atoms with Gasteiger partial charge in [-0.05, 0) is 39.0 Å². The molecule has 0 saturated heterocycles. The Hall–Kier alpha value is -3.00. The topological polar surface area (TPSA) is 78.3 Å². The first-order chi connectivity index (χ1) is 14.0. The Morgan fingerprint density at radius 3 is 2.83 bits per heavy atom. The average molecular weight is 410 g/mol. The fourth-order valence-corrected chi connectivity index (χ4v) is 4.00. The van der Waals surface area contributed by atoms with Crippen LogP contribution in [0.1, 0.15) is 19.4 Å². The number of aromatic nitrogens is 3. The summed E-state index contributed by atoms with van der Waals surface area (Å²) in [4.78, 5) is 12.7. The molecule has 150 valence electrons. The lowest BCUT2D eigenvalue weighted by Gasteiger charge is -2.13. The zero-order chi connectivity index (χ0) is 20.4. The second-order valence-electron chi connectivity index (χ2n) is 6.74. The van der Waals surface area contributed by atoms with Gasteiger partial charge >= 0.3 is 0 Å². The first-order valence-corrected chi connectivity index (χ1v) is 10.3. The van der Waals surface area contributed by atoms with Gasteiger partial charge in [-0.3, -0.25) is 4.79 Å². The molecule has 1 aliphatic heterocycles. The quantitative estimate of drug-likeness (QED) is 0.616. The summed E-state index contributed by atoms with van der Waals surface area (Å²) in [6.45, 7) is 6.87. The zero-order valence-corrected chi connectivity index (χ0v) is 17.3. The van der Waals surface area contributed by atoms with Gasteiger partial charge in [0.1, 0.15) is 0 Å². The van der Waals surface area contributed by atoms with Crippen molar-refractivity contribution in [1.29, 1.82) is 0 Å². The molecule has 2 heterocycles. The number of nitrogens with one attached hydrogen (secondary N) is 1. The van der Waals surface area contributed by atoms with Gasteiger partial charge in [-0.1, -0.05) is 35.5 Å². The van der Waals surface area contributed by atoms with Crippen LogP contribution in [0.15, 0.2) is 47.6 Å². The lowest BCUT2D eigenvalue weighted by Crippen LogP contribution is -2.22. The standard InChI is InChI=1S/C21H22N4O3S/c1-4-25-19(15-7-5-6-13(2)10-15)23-24-21(25)29-14(3)20(26)22-16-8-9-17-18(11-16)28-12-27-17/h5-11,14H,4,12H2,1-3H3,(H,22,26)/t14-/m1/s1. The van der Waals surface area contributed by atoms with E-state index in [1.165, 1.54) is 17.3 Å². The van der Waals surface area contributed by atoms with Crippen LogP contribution in [0, 0.1) is 6.92 Å². The number of thioether (sulfide) groups is 1. The molecular weight excluding hydrogens is 388 g/mol. The van der Waals surface area contributed by atoms with Crippen LogP contribution >= 0.6 is 11.8 Å². The Balaban J connectivity index is 1.48. The number of amides is 1. The SMILES string of the molecule is CCn1c(S[C@H](C)C(=O)Nc2ccc3c(c2)OCO3)nnc1-c1cccc(C)c1. The van der Waals surface area contributed by atoms with Crippen molar-refractivity contribution in [2.24, 2.45) is 0 Å². The molecule has 1 aliphatic rings. The van der Waals surface area contributed by atoms with Crippen LogP contribution in [0.2, 0.25) is 0 Å². The second kappa shape index (κ2) is 8.16. The van der Waals surface area contributed by atoms with E-state index in [4.69, 9.17) is 9.47 Å². The summed E-state index contributed by atoms with van der Waals surface area (Å²) >= 11 is 1.39. The van der Waals surface area contributed by atoms with E-state index >= 15 is 0 Å². The highest BCUT2D eigenvalue weighted by atomic mass is 32.2. The van der Waals surface area contributed by atoms with Crippen LogP contribution < -0.4 is 14.8 Å². The predicted molar refractivity (Wildman–Crippen MR) is 112 cm³/mol. The molecule has 1 atom stereocenters. The average Bonchev–Trinajstić information content (AvgIpc) is 3.34. The van der Waals surface area contributed by atoms with Gasteiger partial charge in [0.2, 0.25) is 12.7 Å². The number of anilines is 1. The van der Waals surface area contributed by atoms with Crippen molar-refractivity contribution in [3.8, 4) is 22.9 Å². The molecule has 4 rings (SSSR count). The molecule has 0 aliphatic carbocycles. The van der Waals surface area contributed by atoms with Crippen LogP contribution in [0.3, 0.4) is 0 Å². The molecule has 2 aromatic carbocycles. The lowest BCUT2D eigenvalue weighted by molar-refractivity contribution is -0.115. The summed E-state index contributed by atoms with van der Waals surface area (Å²) in [7, 11) is 0. The van der Waals surface area contributed by atoms with E-state index in [1.807, 2.05) is 43.5 Å². The van der Waals surface area contributed by atoms with Crippen LogP contribution in [-0.4, -0.2) is 32.7 Å². The van der Waals surface area contributed by atoms with Gasteiger partial charge in [-0.2, -0.15) is 0 Å². The van der Waals surface area contributed by atoms with E-state index in [2.05, 4.69) is 21.6 Å². The molecule has 29 heavy (non-hydrogen) atoms. The van der Waals surface area contributed by atoms with E-state index in [9.17, 15) is 4.79 Å². The predicted octanol–water partition coefficient (Wildman–Crippen LogP) is 4.12. The number of aryl methyl sites for hydroxylation is 1. The summed E-state index contributed by atoms with van der Waals surface area (Å²) in [6, 6.07) is 13.5. The van der Waals surface area contributed by atoms with Crippen molar-refractivity contribution in [3.05, 3.63) is 48.0 Å². The van der Waals surface area contributed by atoms with E-state index in [0.717, 1.165) is 23.1 Å². The van der Waals surface area contributed by atoms with E-state index < -0.39 is 0 Å². The van der Waals surface area contributed by atoms with Crippen molar-refractivity contribution in [2.75, 3.05) is 12.1 Å². The maximum atomic E-state index is 12.7. The van der Waals surface area contributed by atoms with Crippen molar-refractivity contribution in [1.82, 2.24) is 14.8 Å². The fourth-order valence-electron chi connectivity index (χ4n) is 3.09. The van der Waals surface area contributed by atoms with Crippen LogP contribution in [-0.2, 0) is 11.3 Å². The van der Waals surface area contributed by atoms with Crippen LogP contribution in [0.5, 0.6) is 11.5 Å². The third kappa shape index (κ3) is 4.07. The largest absolute Gasteiger partial charge is 0.454 e. The highest BCUT2D eigenvalue weighted by molar-refractivity contribution is 8.00. The number of ether oxygens (including phenoxy) is 2. The molecule has 0 bridgehead atoms. The first-order valence-electron chi connectivity index (χ1n) is 9.42. The second-order valence-corrected chi connectivity index (χ2v) is 8.05. The summed E-state index contributed by atoms with van der Waals surface area (Å²) in [5, 5.41) is 12.0. The Morgan fingerprint density at radius 2 is 2.03 bits per heavy atom. The highest BCUT2D eigenvalue weighted by Gasteiger charge is 2.21. The minimum absolute atomic E-state index is 0.114. The summed E-state index contributed by atoms with van der Waals surface area (Å²) in [5.74, 6) is 2.01. The van der Waals surface area contributed by atoms with Gasteiger partial charge in [0, 0.05) is 23.9 Å². The molecule has 1 amide bonds. The van der Waals surface area contributed by atoms with E-state index in [0.29, 0.717) is 17.2 Å². The van der Waals surface area contributed by atoms with Crippen LogP contribution in [0.25, 0.3) is 11.4 Å². The number of hydrogen-bond acceptors (Lipinski definition) is 6. The van der Waals surface area contributed by atoms with Gasteiger partial charge in [0.25, 0.3) is 0 Å². The molecule has 1 aromatic heterocycles. The minimum Gasteiger partial charge on any atom is -0.454 e. The molecule has 7 nitrogen and oxygen atoms in total. The normalized spacial score (nSPS) is 13.3. The van der Waals surface area contributed by atoms with Gasteiger partial charge in [0.05, 0.1) is 5.25 Å². The van der Waals surface area contributed by atoms with Gasteiger partial charge in [-0.25, -0.2) is 0 Å². The Morgan fingerprint density at radius 1 is 1.21 bits per heavy atom. The number of nitrogens with zero attached hydrogens (tertiary/aromatic N) is 3. The number of rotatable bonds is 6. The van der Waals surface area contributed by atoms with Crippen LogP contribution in [0.4, 0.5) is 5.69 Å². The van der Waals surface area contributed by atoms with E-state index in [-0.39, 0.29) is 18.0 Å². The fraction of sp³-hybridized carbons (Fsp3) is 0.286. The molecule has 0 unspecified atom stereocenters. The third-order valence-corrected chi connectivity index (χ3v) is 5.68. The smallest absolute Gasteiger partial charge is 0.237 e. The van der Waals surface area contributed by atoms with Gasteiger partial charge in [-0.15, -0.1) is 10.2 Å². The minimum atomic E-state index is -0.347. The van der Waals surface area contributed by atoms with Gasteiger partial charge in [0.15, 0.2) is 22.5 Å². The summed E-state index contributed by atoms with van der Waals surface area (Å²) < 4.78 is 12.7. The zero-order valence-electron chi connectivity index (χ0n) is 16.5. The number of fused-ring (bicyclic) bond motifs is 1.